The summed E-state index contributed by atoms with van der Waals surface area (Å²) in [5.41, 5.74) is 3.04. The lowest BCUT2D eigenvalue weighted by atomic mass is 10.0. The molecule has 0 saturated heterocycles. The maximum Gasteiger partial charge on any atom is 0.242 e. The number of aryl methyl sites for hydroxylation is 2. The van der Waals surface area contributed by atoms with Crippen molar-refractivity contribution in [2.24, 2.45) is 0 Å². The summed E-state index contributed by atoms with van der Waals surface area (Å²) >= 11 is 12.2. The van der Waals surface area contributed by atoms with Gasteiger partial charge in [-0.05, 0) is 44.0 Å². The van der Waals surface area contributed by atoms with E-state index in [0.29, 0.717) is 5.75 Å². The Morgan fingerprint density at radius 1 is 1.08 bits per heavy atom. The maximum absolute atomic E-state index is 12.7. The van der Waals surface area contributed by atoms with Crippen LogP contribution in [0, 0.1) is 13.8 Å². The fourth-order valence-electron chi connectivity index (χ4n) is 2.55. The molecule has 0 unspecified atom stereocenters. The van der Waals surface area contributed by atoms with Gasteiger partial charge in [0.05, 0.1) is 12.1 Å². The normalized spacial score (nSPS) is 12.9. The summed E-state index contributed by atoms with van der Waals surface area (Å²) in [6, 6.07) is 8.32. The number of methoxy groups -OCH3 is 1. The molecule has 0 heterocycles. The van der Waals surface area contributed by atoms with Gasteiger partial charge in [0.25, 0.3) is 0 Å². The predicted octanol–water partition coefficient (Wildman–Crippen LogP) is 4.66. The fraction of sp³-hybridized carbons (Fsp3) is 0.294. The van der Waals surface area contributed by atoms with E-state index in [1.807, 2.05) is 32.0 Å². The fourth-order valence-corrected chi connectivity index (χ4v) is 4.61. The van der Waals surface area contributed by atoms with Crippen LogP contribution in [0.5, 0.6) is 5.75 Å². The van der Waals surface area contributed by atoms with Gasteiger partial charge in [-0.2, -0.15) is 0 Å². The van der Waals surface area contributed by atoms with Crippen LogP contribution in [0.3, 0.4) is 0 Å². The molecule has 1 N–H and O–H groups in total. The second kappa shape index (κ2) is 7.31. The quantitative estimate of drug-likeness (QED) is 0.811. The van der Waals surface area contributed by atoms with Crippen molar-refractivity contribution in [3.05, 3.63) is 57.1 Å². The van der Waals surface area contributed by atoms with Crippen molar-refractivity contribution in [2.75, 3.05) is 7.11 Å². The molecule has 4 nitrogen and oxygen atoms in total. The highest BCUT2D eigenvalue weighted by Gasteiger charge is 2.24. The van der Waals surface area contributed by atoms with Gasteiger partial charge in [-0.3, -0.25) is 0 Å². The average molecular weight is 388 g/mol. The summed E-state index contributed by atoms with van der Waals surface area (Å²) in [5, 5.41) is 0.0116. The minimum atomic E-state index is -3.83. The molecule has 0 amide bonds. The SMILES string of the molecule is COc1ccc(S(=O)(=O)N[C@@H](C)c2ccc(C)cc2C)c(Cl)c1Cl. The molecule has 0 bridgehead atoms. The van der Waals surface area contributed by atoms with Crippen molar-refractivity contribution >= 4 is 33.2 Å². The number of rotatable bonds is 5. The molecule has 2 aromatic rings. The Morgan fingerprint density at radius 2 is 1.75 bits per heavy atom. The number of ether oxygens (including phenoxy) is 1. The first-order chi connectivity index (χ1) is 11.2. The van der Waals surface area contributed by atoms with Crippen LogP contribution in [0.25, 0.3) is 0 Å². The van der Waals surface area contributed by atoms with Gasteiger partial charge in [0, 0.05) is 6.04 Å². The van der Waals surface area contributed by atoms with Gasteiger partial charge in [0.2, 0.25) is 10.0 Å². The van der Waals surface area contributed by atoms with Crippen LogP contribution in [0.1, 0.15) is 29.7 Å². The molecule has 0 fully saturated rings. The molecule has 130 valence electrons. The Morgan fingerprint density at radius 3 is 2.33 bits per heavy atom. The summed E-state index contributed by atoms with van der Waals surface area (Å²) in [7, 11) is -2.40. The zero-order valence-corrected chi connectivity index (χ0v) is 16.2. The highest BCUT2D eigenvalue weighted by atomic mass is 35.5. The summed E-state index contributed by atoms with van der Waals surface area (Å²) in [5.74, 6) is 0.322. The highest BCUT2D eigenvalue weighted by Crippen LogP contribution is 2.37. The van der Waals surface area contributed by atoms with Crippen molar-refractivity contribution in [2.45, 2.75) is 31.7 Å². The summed E-state index contributed by atoms with van der Waals surface area (Å²) in [6.45, 7) is 5.73. The molecule has 0 aromatic heterocycles. The lowest BCUT2D eigenvalue weighted by Crippen LogP contribution is -2.27. The predicted molar refractivity (Wildman–Crippen MR) is 97.7 cm³/mol. The summed E-state index contributed by atoms with van der Waals surface area (Å²) in [6.07, 6.45) is 0. The molecule has 7 heteroatoms. The van der Waals surface area contributed by atoms with Crippen LogP contribution in [-0.2, 0) is 10.0 Å². The van der Waals surface area contributed by atoms with Crippen LogP contribution >= 0.6 is 23.2 Å². The Kier molecular flexibility index (Phi) is 5.81. The molecule has 24 heavy (non-hydrogen) atoms. The van der Waals surface area contributed by atoms with E-state index in [-0.39, 0.29) is 14.9 Å². The van der Waals surface area contributed by atoms with E-state index in [4.69, 9.17) is 27.9 Å². The lowest BCUT2D eigenvalue weighted by Gasteiger charge is -2.18. The van der Waals surface area contributed by atoms with Gasteiger partial charge in [0.15, 0.2) is 0 Å². The Labute approximate surface area is 152 Å². The van der Waals surface area contributed by atoms with Crippen LogP contribution < -0.4 is 9.46 Å². The molecule has 0 aliphatic carbocycles. The third-order valence-electron chi connectivity index (χ3n) is 3.74. The van der Waals surface area contributed by atoms with Crippen LogP contribution in [0.4, 0.5) is 0 Å². The molecule has 0 saturated carbocycles. The molecule has 0 spiro atoms. The third kappa shape index (κ3) is 3.86. The van der Waals surface area contributed by atoms with Gasteiger partial charge in [0.1, 0.15) is 15.7 Å². The van der Waals surface area contributed by atoms with E-state index in [1.165, 1.54) is 19.2 Å². The van der Waals surface area contributed by atoms with Gasteiger partial charge in [-0.15, -0.1) is 0 Å². The van der Waals surface area contributed by atoms with Crippen LogP contribution in [0.15, 0.2) is 35.2 Å². The number of benzene rings is 2. The van der Waals surface area contributed by atoms with Crippen molar-refractivity contribution in [1.82, 2.24) is 4.72 Å². The second-order valence-electron chi connectivity index (χ2n) is 5.60. The number of halogens is 2. The van der Waals surface area contributed by atoms with Crippen LogP contribution in [-0.4, -0.2) is 15.5 Å². The van der Waals surface area contributed by atoms with E-state index < -0.39 is 16.1 Å². The molecule has 2 aromatic carbocycles. The monoisotopic (exact) mass is 387 g/mol. The van der Waals surface area contributed by atoms with E-state index in [1.54, 1.807) is 6.92 Å². The molecule has 0 aliphatic rings. The highest BCUT2D eigenvalue weighted by molar-refractivity contribution is 7.89. The number of sulfonamides is 1. The zero-order valence-electron chi connectivity index (χ0n) is 13.9. The van der Waals surface area contributed by atoms with Gasteiger partial charge < -0.3 is 4.74 Å². The molecular formula is C17H19Cl2NO3S. The molecular weight excluding hydrogens is 369 g/mol. The topological polar surface area (TPSA) is 55.4 Å². The average Bonchev–Trinajstić information content (AvgIpc) is 2.49. The van der Waals surface area contributed by atoms with Crippen molar-refractivity contribution in [3.8, 4) is 5.75 Å². The molecule has 2 rings (SSSR count). The molecule has 0 aliphatic heterocycles. The zero-order chi connectivity index (χ0) is 18.1. The smallest absolute Gasteiger partial charge is 0.242 e. The Bertz CT molecular complexity index is 866. The van der Waals surface area contributed by atoms with Crippen molar-refractivity contribution < 1.29 is 13.2 Å². The third-order valence-corrected chi connectivity index (χ3v) is 6.30. The first kappa shape index (κ1) is 19.1. The minimum Gasteiger partial charge on any atom is -0.495 e. The number of hydrogen-bond donors (Lipinski definition) is 1. The van der Waals surface area contributed by atoms with E-state index in [0.717, 1.165) is 16.7 Å². The molecule has 0 radical (unpaired) electrons. The summed E-state index contributed by atoms with van der Waals surface area (Å²) in [4.78, 5) is -0.0772. The second-order valence-corrected chi connectivity index (χ2v) is 8.04. The standard InChI is InChI=1S/C17H19Cl2NO3S/c1-10-5-6-13(11(2)9-10)12(3)20-24(21,22)15-8-7-14(23-4)16(18)17(15)19/h5-9,12,20H,1-4H3/t12-/m0/s1. The van der Waals surface area contributed by atoms with E-state index >= 15 is 0 Å². The Balaban J connectivity index is 2.36. The van der Waals surface area contributed by atoms with E-state index in [2.05, 4.69) is 4.72 Å². The largest absolute Gasteiger partial charge is 0.495 e. The minimum absolute atomic E-state index is 0.0589. The van der Waals surface area contributed by atoms with Crippen molar-refractivity contribution in [3.63, 3.8) is 0 Å². The lowest BCUT2D eigenvalue weighted by molar-refractivity contribution is 0.414. The number of nitrogens with one attached hydrogen (secondary N) is 1. The first-order valence-corrected chi connectivity index (χ1v) is 9.52. The maximum atomic E-state index is 12.7. The Hall–Kier alpha value is -1.27. The van der Waals surface area contributed by atoms with E-state index in [9.17, 15) is 8.42 Å². The first-order valence-electron chi connectivity index (χ1n) is 7.29. The van der Waals surface area contributed by atoms with Gasteiger partial charge >= 0.3 is 0 Å². The number of hydrogen-bond acceptors (Lipinski definition) is 3. The summed E-state index contributed by atoms with van der Waals surface area (Å²) < 4.78 is 33.0. The van der Waals surface area contributed by atoms with Crippen molar-refractivity contribution in [1.29, 1.82) is 0 Å². The van der Waals surface area contributed by atoms with Gasteiger partial charge in [-0.1, -0.05) is 47.0 Å². The van der Waals surface area contributed by atoms with Gasteiger partial charge in [-0.25, -0.2) is 13.1 Å². The molecule has 1 atom stereocenters. The van der Waals surface area contributed by atoms with Crippen LogP contribution in [0.2, 0.25) is 10.0 Å².